The Balaban J connectivity index is 2.23. The SMILES string of the molecule is Nc1ccc(S(=O)Cc2ccc([N+](=O)[O-])c(F)c2)c(Cl)c1. The van der Waals surface area contributed by atoms with Crippen LogP contribution in [0.25, 0.3) is 0 Å². The van der Waals surface area contributed by atoms with Crippen LogP contribution in [0.4, 0.5) is 15.8 Å². The number of anilines is 1. The Hall–Kier alpha value is -1.99. The molecule has 0 heterocycles. The van der Waals surface area contributed by atoms with Crippen LogP contribution in [0.3, 0.4) is 0 Å². The van der Waals surface area contributed by atoms with Crippen molar-refractivity contribution in [2.24, 2.45) is 0 Å². The van der Waals surface area contributed by atoms with Crippen LogP contribution >= 0.6 is 11.6 Å². The van der Waals surface area contributed by atoms with E-state index in [0.29, 0.717) is 16.1 Å². The van der Waals surface area contributed by atoms with Crippen LogP contribution in [0.1, 0.15) is 5.56 Å². The number of hydrogen-bond acceptors (Lipinski definition) is 4. The van der Waals surface area contributed by atoms with Gasteiger partial charge in [0.2, 0.25) is 5.82 Å². The average Bonchev–Trinajstić information content (AvgIpc) is 2.37. The normalized spacial score (nSPS) is 12.1. The first-order valence-electron chi connectivity index (χ1n) is 5.74. The molecule has 1 atom stereocenters. The number of benzene rings is 2. The summed E-state index contributed by atoms with van der Waals surface area (Å²) in [6.45, 7) is 0. The summed E-state index contributed by atoms with van der Waals surface area (Å²) < 4.78 is 25.7. The molecule has 0 fully saturated rings. The van der Waals surface area contributed by atoms with E-state index in [9.17, 15) is 18.7 Å². The number of nitrogens with zero attached hydrogens (tertiary/aromatic N) is 1. The zero-order chi connectivity index (χ0) is 15.6. The first-order chi connectivity index (χ1) is 9.88. The van der Waals surface area contributed by atoms with Gasteiger partial charge in [0, 0.05) is 11.8 Å². The van der Waals surface area contributed by atoms with E-state index in [1.165, 1.54) is 18.2 Å². The number of nitrogens with two attached hydrogens (primary N) is 1. The Morgan fingerprint density at radius 3 is 2.57 bits per heavy atom. The predicted octanol–water partition coefficient (Wildman–Crippen LogP) is 3.28. The van der Waals surface area contributed by atoms with E-state index < -0.39 is 27.2 Å². The summed E-state index contributed by atoms with van der Waals surface area (Å²) in [5.41, 5.74) is 5.76. The third-order valence-electron chi connectivity index (χ3n) is 2.71. The van der Waals surface area contributed by atoms with E-state index in [-0.39, 0.29) is 10.8 Å². The van der Waals surface area contributed by atoms with Crippen molar-refractivity contribution in [1.82, 2.24) is 0 Å². The zero-order valence-corrected chi connectivity index (χ0v) is 12.2. The van der Waals surface area contributed by atoms with Crippen LogP contribution in [-0.4, -0.2) is 9.13 Å². The van der Waals surface area contributed by atoms with Crippen LogP contribution < -0.4 is 5.73 Å². The molecular formula is C13H10ClFN2O3S. The molecule has 0 aliphatic rings. The Labute approximate surface area is 127 Å². The summed E-state index contributed by atoms with van der Waals surface area (Å²) in [4.78, 5) is 10.1. The molecule has 2 N–H and O–H groups in total. The number of nitrogen functional groups attached to an aromatic ring is 1. The predicted molar refractivity (Wildman–Crippen MR) is 79.0 cm³/mol. The zero-order valence-electron chi connectivity index (χ0n) is 10.6. The molecule has 21 heavy (non-hydrogen) atoms. The van der Waals surface area contributed by atoms with Gasteiger partial charge in [-0.15, -0.1) is 0 Å². The second-order valence-electron chi connectivity index (χ2n) is 4.22. The summed E-state index contributed by atoms with van der Waals surface area (Å²) in [7, 11) is -1.50. The van der Waals surface area contributed by atoms with Gasteiger partial charge in [0.25, 0.3) is 0 Å². The maximum atomic E-state index is 13.5. The average molecular weight is 329 g/mol. The quantitative estimate of drug-likeness (QED) is 0.530. The van der Waals surface area contributed by atoms with Crippen LogP contribution in [0.15, 0.2) is 41.3 Å². The maximum absolute atomic E-state index is 13.5. The minimum absolute atomic E-state index is 0.00144. The van der Waals surface area contributed by atoms with Crippen molar-refractivity contribution in [2.75, 3.05) is 5.73 Å². The van der Waals surface area contributed by atoms with Crippen molar-refractivity contribution < 1.29 is 13.5 Å². The number of nitro groups is 1. The lowest BCUT2D eigenvalue weighted by Gasteiger charge is -2.06. The molecule has 0 saturated carbocycles. The molecule has 8 heteroatoms. The van der Waals surface area contributed by atoms with Crippen molar-refractivity contribution in [3.63, 3.8) is 0 Å². The van der Waals surface area contributed by atoms with Crippen molar-refractivity contribution in [3.05, 3.63) is 62.9 Å². The van der Waals surface area contributed by atoms with Gasteiger partial charge in [-0.2, -0.15) is 4.39 Å². The Morgan fingerprint density at radius 2 is 2.00 bits per heavy atom. The van der Waals surface area contributed by atoms with Crippen LogP contribution in [-0.2, 0) is 16.6 Å². The van der Waals surface area contributed by atoms with Crippen molar-refractivity contribution in [2.45, 2.75) is 10.6 Å². The summed E-state index contributed by atoms with van der Waals surface area (Å²) in [5.74, 6) is -0.962. The largest absolute Gasteiger partial charge is 0.399 e. The first-order valence-corrected chi connectivity index (χ1v) is 7.44. The number of hydrogen-bond donors (Lipinski definition) is 1. The van der Waals surface area contributed by atoms with E-state index in [1.807, 2.05) is 0 Å². The molecule has 2 aromatic carbocycles. The lowest BCUT2D eigenvalue weighted by atomic mass is 10.2. The fraction of sp³-hybridized carbons (Fsp3) is 0.0769. The fourth-order valence-corrected chi connectivity index (χ4v) is 3.30. The van der Waals surface area contributed by atoms with E-state index in [2.05, 4.69) is 0 Å². The molecule has 0 bridgehead atoms. The van der Waals surface area contributed by atoms with Crippen LogP contribution in [0.5, 0.6) is 0 Å². The van der Waals surface area contributed by atoms with Gasteiger partial charge in [-0.3, -0.25) is 14.3 Å². The van der Waals surface area contributed by atoms with E-state index in [0.717, 1.165) is 12.1 Å². The molecule has 2 aromatic rings. The highest BCUT2D eigenvalue weighted by molar-refractivity contribution is 7.84. The van der Waals surface area contributed by atoms with Gasteiger partial charge >= 0.3 is 5.69 Å². The lowest BCUT2D eigenvalue weighted by Crippen LogP contribution is -2.00. The minimum Gasteiger partial charge on any atom is -0.399 e. The molecule has 0 aromatic heterocycles. The Kier molecular flexibility index (Phi) is 4.54. The number of nitro benzene ring substituents is 1. The second-order valence-corrected chi connectivity index (χ2v) is 6.05. The van der Waals surface area contributed by atoms with Gasteiger partial charge in [0.15, 0.2) is 0 Å². The number of halogens is 2. The van der Waals surface area contributed by atoms with Gasteiger partial charge in [0.1, 0.15) is 0 Å². The summed E-state index contributed by atoms with van der Waals surface area (Å²) in [6, 6.07) is 7.99. The minimum atomic E-state index is -1.50. The molecule has 0 aliphatic heterocycles. The van der Waals surface area contributed by atoms with Gasteiger partial charge in [-0.1, -0.05) is 17.7 Å². The highest BCUT2D eigenvalue weighted by Crippen LogP contribution is 2.25. The number of rotatable bonds is 4. The van der Waals surface area contributed by atoms with Gasteiger partial charge in [-0.05, 0) is 29.8 Å². The van der Waals surface area contributed by atoms with Crippen molar-refractivity contribution in [1.29, 1.82) is 0 Å². The summed E-state index contributed by atoms with van der Waals surface area (Å²) in [5, 5.41) is 10.8. The maximum Gasteiger partial charge on any atom is 0.304 e. The molecule has 0 radical (unpaired) electrons. The molecule has 0 spiro atoms. The van der Waals surface area contributed by atoms with Gasteiger partial charge < -0.3 is 5.73 Å². The van der Waals surface area contributed by atoms with Gasteiger partial charge in [-0.25, -0.2) is 0 Å². The molecule has 0 aliphatic carbocycles. The van der Waals surface area contributed by atoms with Gasteiger partial charge in [0.05, 0.1) is 31.4 Å². The molecule has 110 valence electrons. The van der Waals surface area contributed by atoms with E-state index >= 15 is 0 Å². The highest BCUT2D eigenvalue weighted by Gasteiger charge is 2.16. The third-order valence-corrected chi connectivity index (χ3v) is 4.57. The third kappa shape index (κ3) is 3.56. The monoisotopic (exact) mass is 328 g/mol. The molecule has 0 amide bonds. The standard InChI is InChI=1S/C13H10ClFN2O3S/c14-10-6-9(16)2-4-13(10)21(20)7-8-1-3-12(17(18)19)11(15)5-8/h1-6H,7,16H2. The van der Waals surface area contributed by atoms with E-state index in [1.54, 1.807) is 6.07 Å². The van der Waals surface area contributed by atoms with Crippen LogP contribution in [0.2, 0.25) is 5.02 Å². The smallest absolute Gasteiger partial charge is 0.304 e. The highest BCUT2D eigenvalue weighted by atomic mass is 35.5. The Morgan fingerprint density at radius 1 is 1.29 bits per heavy atom. The fourth-order valence-electron chi connectivity index (χ4n) is 1.72. The van der Waals surface area contributed by atoms with Crippen LogP contribution in [0, 0.1) is 15.9 Å². The summed E-state index contributed by atoms with van der Waals surface area (Å²) >= 11 is 5.95. The molecule has 2 rings (SSSR count). The van der Waals surface area contributed by atoms with Crippen molar-refractivity contribution in [3.8, 4) is 0 Å². The lowest BCUT2D eigenvalue weighted by molar-refractivity contribution is -0.387. The second kappa shape index (κ2) is 6.19. The van der Waals surface area contributed by atoms with E-state index in [4.69, 9.17) is 17.3 Å². The molecule has 0 saturated heterocycles. The summed E-state index contributed by atoms with van der Waals surface area (Å²) in [6.07, 6.45) is 0. The molecule has 1 unspecified atom stereocenters. The first kappa shape index (κ1) is 15.4. The molecular weight excluding hydrogens is 319 g/mol. The Bertz CT molecular complexity index is 739. The molecule has 5 nitrogen and oxygen atoms in total. The van der Waals surface area contributed by atoms with Crippen molar-refractivity contribution >= 4 is 33.8 Å². The topological polar surface area (TPSA) is 86.2 Å².